The van der Waals surface area contributed by atoms with Crippen LogP contribution < -0.4 is 4.74 Å². The van der Waals surface area contributed by atoms with E-state index in [0.29, 0.717) is 48.3 Å². The molecule has 0 saturated carbocycles. The molecule has 0 aliphatic carbocycles. The highest BCUT2D eigenvalue weighted by Crippen LogP contribution is 2.23. The van der Waals surface area contributed by atoms with Gasteiger partial charge in [-0.2, -0.15) is 13.2 Å². The average Bonchev–Trinajstić information content (AvgIpc) is 2.68. The number of carbonyl (C=O) groups is 1. The maximum absolute atomic E-state index is 12.7. The van der Waals surface area contributed by atoms with Crippen molar-refractivity contribution in [3.05, 3.63) is 63.6 Å². The monoisotopic (exact) mass is 446 g/mol. The van der Waals surface area contributed by atoms with Gasteiger partial charge in [0.25, 0.3) is 5.91 Å². The first-order valence-corrected chi connectivity index (χ1v) is 9.72. The number of halogens is 5. The molecule has 1 fully saturated rings. The van der Waals surface area contributed by atoms with E-state index in [1.165, 1.54) is 18.2 Å². The van der Waals surface area contributed by atoms with Crippen LogP contribution in [-0.4, -0.2) is 54.7 Å². The molecule has 2 aromatic carbocycles. The van der Waals surface area contributed by atoms with Crippen molar-refractivity contribution in [2.45, 2.75) is 12.7 Å². The summed E-state index contributed by atoms with van der Waals surface area (Å²) in [6.45, 7) is 1.61. The van der Waals surface area contributed by atoms with Crippen LogP contribution >= 0.6 is 23.2 Å². The van der Waals surface area contributed by atoms with E-state index in [4.69, 9.17) is 27.9 Å². The number of nitrogens with zero attached hydrogens (tertiary/aromatic N) is 2. The number of carbonyl (C=O) groups excluding carboxylic acids is 1. The van der Waals surface area contributed by atoms with Crippen LogP contribution in [0.2, 0.25) is 10.0 Å². The topological polar surface area (TPSA) is 32.8 Å². The van der Waals surface area contributed by atoms with E-state index in [0.717, 1.165) is 5.56 Å². The van der Waals surface area contributed by atoms with Gasteiger partial charge in [-0.05, 0) is 35.9 Å². The van der Waals surface area contributed by atoms with Gasteiger partial charge in [-0.15, -0.1) is 0 Å². The molecule has 0 unspecified atom stereocenters. The van der Waals surface area contributed by atoms with Gasteiger partial charge in [-0.25, -0.2) is 0 Å². The lowest BCUT2D eigenvalue weighted by molar-refractivity contribution is -0.153. The fourth-order valence-electron chi connectivity index (χ4n) is 3.07. The van der Waals surface area contributed by atoms with E-state index in [9.17, 15) is 18.0 Å². The van der Waals surface area contributed by atoms with Crippen molar-refractivity contribution in [1.82, 2.24) is 9.80 Å². The number of rotatable bonds is 5. The van der Waals surface area contributed by atoms with Crippen molar-refractivity contribution < 1.29 is 22.7 Å². The molecule has 4 nitrogen and oxygen atoms in total. The standard InChI is InChI=1S/C20H19Cl2F3N2O2/c21-16-5-4-15(18(22)11-16)12-26-6-8-27(9-7-26)19(28)14-2-1-3-17(10-14)29-13-20(23,24)25/h1-5,10-11H,6-9,12-13H2. The maximum Gasteiger partial charge on any atom is 0.422 e. The van der Waals surface area contributed by atoms with Gasteiger partial charge in [0.1, 0.15) is 5.75 Å². The summed E-state index contributed by atoms with van der Waals surface area (Å²) in [6.07, 6.45) is -4.43. The summed E-state index contributed by atoms with van der Waals surface area (Å²) in [7, 11) is 0. The van der Waals surface area contributed by atoms with Crippen LogP contribution in [0.15, 0.2) is 42.5 Å². The van der Waals surface area contributed by atoms with Gasteiger partial charge in [0, 0.05) is 48.3 Å². The normalized spacial score (nSPS) is 15.4. The first kappa shape index (κ1) is 21.7. The van der Waals surface area contributed by atoms with Gasteiger partial charge in [-0.3, -0.25) is 9.69 Å². The minimum atomic E-state index is -4.43. The second-order valence-electron chi connectivity index (χ2n) is 6.74. The Morgan fingerprint density at radius 1 is 1.03 bits per heavy atom. The summed E-state index contributed by atoms with van der Waals surface area (Å²) >= 11 is 12.1. The average molecular weight is 447 g/mol. The van der Waals surface area contributed by atoms with E-state index in [1.54, 1.807) is 23.1 Å². The molecule has 2 aromatic rings. The van der Waals surface area contributed by atoms with Crippen molar-refractivity contribution in [3.63, 3.8) is 0 Å². The van der Waals surface area contributed by atoms with E-state index in [-0.39, 0.29) is 11.7 Å². The molecule has 0 radical (unpaired) electrons. The van der Waals surface area contributed by atoms with Crippen molar-refractivity contribution >= 4 is 29.1 Å². The zero-order chi connectivity index (χ0) is 21.0. The molecule has 156 valence electrons. The van der Waals surface area contributed by atoms with Crippen LogP contribution in [0.4, 0.5) is 13.2 Å². The summed E-state index contributed by atoms with van der Waals surface area (Å²) in [5.74, 6) is -0.212. The van der Waals surface area contributed by atoms with E-state index >= 15 is 0 Å². The van der Waals surface area contributed by atoms with E-state index < -0.39 is 12.8 Å². The molecule has 3 rings (SSSR count). The number of alkyl halides is 3. The zero-order valence-corrected chi connectivity index (χ0v) is 16.9. The zero-order valence-electron chi connectivity index (χ0n) is 15.4. The second kappa shape index (κ2) is 9.24. The number of benzene rings is 2. The Labute approximate surface area is 176 Å². The van der Waals surface area contributed by atoms with Crippen LogP contribution in [0.25, 0.3) is 0 Å². The lowest BCUT2D eigenvalue weighted by Crippen LogP contribution is -2.48. The Bertz CT molecular complexity index is 869. The summed E-state index contributed by atoms with van der Waals surface area (Å²) < 4.78 is 41.7. The summed E-state index contributed by atoms with van der Waals surface area (Å²) in [5, 5.41) is 1.18. The highest BCUT2D eigenvalue weighted by atomic mass is 35.5. The highest BCUT2D eigenvalue weighted by molar-refractivity contribution is 6.35. The molecular weight excluding hydrogens is 428 g/mol. The lowest BCUT2D eigenvalue weighted by Gasteiger charge is -2.35. The molecule has 29 heavy (non-hydrogen) atoms. The molecule has 1 amide bonds. The minimum absolute atomic E-state index is 0.0178. The number of hydrogen-bond donors (Lipinski definition) is 0. The number of hydrogen-bond acceptors (Lipinski definition) is 3. The Balaban J connectivity index is 1.56. The molecule has 0 aromatic heterocycles. The van der Waals surface area contributed by atoms with Crippen LogP contribution in [0.5, 0.6) is 5.75 Å². The van der Waals surface area contributed by atoms with E-state index in [1.807, 2.05) is 6.07 Å². The highest BCUT2D eigenvalue weighted by Gasteiger charge is 2.28. The first-order valence-electron chi connectivity index (χ1n) is 8.96. The van der Waals surface area contributed by atoms with E-state index in [2.05, 4.69) is 4.90 Å². The maximum atomic E-state index is 12.7. The van der Waals surface area contributed by atoms with Crippen molar-refractivity contribution in [2.24, 2.45) is 0 Å². The van der Waals surface area contributed by atoms with Crippen molar-refractivity contribution in [1.29, 1.82) is 0 Å². The molecule has 1 heterocycles. The van der Waals surface area contributed by atoms with Crippen LogP contribution in [0, 0.1) is 0 Å². The van der Waals surface area contributed by atoms with Gasteiger partial charge >= 0.3 is 6.18 Å². The Morgan fingerprint density at radius 3 is 2.41 bits per heavy atom. The van der Waals surface area contributed by atoms with Crippen molar-refractivity contribution in [3.8, 4) is 5.75 Å². The van der Waals surface area contributed by atoms with Gasteiger partial charge in [0.05, 0.1) is 0 Å². The van der Waals surface area contributed by atoms with Crippen LogP contribution in [0.1, 0.15) is 15.9 Å². The summed E-state index contributed by atoms with van der Waals surface area (Å²) in [5.41, 5.74) is 1.27. The third kappa shape index (κ3) is 6.26. The molecule has 0 bridgehead atoms. The molecule has 1 aliphatic heterocycles. The molecule has 9 heteroatoms. The van der Waals surface area contributed by atoms with Crippen molar-refractivity contribution in [2.75, 3.05) is 32.8 Å². The first-order chi connectivity index (χ1) is 13.7. The molecular formula is C20H19Cl2F3N2O2. The Kier molecular flexibility index (Phi) is 6.93. The Morgan fingerprint density at radius 2 is 1.76 bits per heavy atom. The van der Waals surface area contributed by atoms with Gasteiger partial charge in [0.15, 0.2) is 6.61 Å². The molecule has 0 atom stereocenters. The largest absolute Gasteiger partial charge is 0.484 e. The Hall–Kier alpha value is -1.96. The third-order valence-corrected chi connectivity index (χ3v) is 5.14. The predicted octanol–water partition coefficient (Wildman–Crippen LogP) is 4.89. The number of piperazine rings is 1. The SMILES string of the molecule is O=C(c1cccc(OCC(F)(F)F)c1)N1CCN(Cc2ccc(Cl)cc2Cl)CC1. The second-order valence-corrected chi connectivity index (χ2v) is 7.58. The number of amides is 1. The lowest BCUT2D eigenvalue weighted by atomic mass is 10.1. The predicted molar refractivity (Wildman–Crippen MR) is 106 cm³/mol. The molecule has 1 saturated heterocycles. The summed E-state index contributed by atoms with van der Waals surface area (Å²) in [4.78, 5) is 16.6. The van der Waals surface area contributed by atoms with Gasteiger partial charge in [0.2, 0.25) is 0 Å². The van der Waals surface area contributed by atoms with Crippen LogP contribution in [0.3, 0.4) is 0 Å². The third-order valence-electron chi connectivity index (χ3n) is 4.55. The fourth-order valence-corrected chi connectivity index (χ4v) is 3.53. The summed E-state index contributed by atoms with van der Waals surface area (Å²) in [6, 6.07) is 11.2. The molecule has 0 spiro atoms. The molecule has 0 N–H and O–H groups in total. The van der Waals surface area contributed by atoms with Crippen LogP contribution in [-0.2, 0) is 6.54 Å². The fraction of sp³-hybridized carbons (Fsp3) is 0.350. The quantitative estimate of drug-likeness (QED) is 0.655. The van der Waals surface area contributed by atoms with Gasteiger partial charge < -0.3 is 9.64 Å². The number of ether oxygens (including phenoxy) is 1. The smallest absolute Gasteiger partial charge is 0.422 e. The molecule has 1 aliphatic rings. The van der Waals surface area contributed by atoms with Gasteiger partial charge in [-0.1, -0.05) is 35.3 Å². The minimum Gasteiger partial charge on any atom is -0.484 e.